The van der Waals surface area contributed by atoms with Crippen molar-refractivity contribution >= 4 is 16.7 Å². The highest BCUT2D eigenvalue weighted by Crippen LogP contribution is 2.23. The van der Waals surface area contributed by atoms with Crippen LogP contribution in [-0.2, 0) is 0 Å². The number of methoxy groups -OCH3 is 1. The maximum absolute atomic E-state index is 13.3. The minimum Gasteiger partial charge on any atom is -0.497 e. The van der Waals surface area contributed by atoms with Crippen LogP contribution in [0.25, 0.3) is 10.9 Å². The SMILES string of the molecule is COc1ccc(C(=O)c2c[nH]c3ccc(F)cc23)cc1. The van der Waals surface area contributed by atoms with Crippen molar-refractivity contribution in [2.75, 3.05) is 7.11 Å². The minimum atomic E-state index is -0.360. The summed E-state index contributed by atoms with van der Waals surface area (Å²) in [4.78, 5) is 15.4. The van der Waals surface area contributed by atoms with Gasteiger partial charge in [-0.25, -0.2) is 4.39 Å². The molecule has 0 saturated carbocycles. The van der Waals surface area contributed by atoms with E-state index in [1.54, 1.807) is 43.6 Å². The number of aromatic amines is 1. The van der Waals surface area contributed by atoms with E-state index in [4.69, 9.17) is 4.74 Å². The number of carbonyl (C=O) groups is 1. The lowest BCUT2D eigenvalue weighted by molar-refractivity contribution is 0.104. The van der Waals surface area contributed by atoms with Crippen molar-refractivity contribution in [3.63, 3.8) is 0 Å². The monoisotopic (exact) mass is 269 g/mol. The van der Waals surface area contributed by atoms with Crippen molar-refractivity contribution < 1.29 is 13.9 Å². The van der Waals surface area contributed by atoms with E-state index in [0.29, 0.717) is 22.3 Å². The van der Waals surface area contributed by atoms with E-state index in [0.717, 1.165) is 5.52 Å². The molecular formula is C16H12FNO2. The average Bonchev–Trinajstić information content (AvgIpc) is 2.89. The minimum absolute atomic E-state index is 0.149. The van der Waals surface area contributed by atoms with Gasteiger partial charge < -0.3 is 9.72 Å². The zero-order valence-corrected chi connectivity index (χ0v) is 10.8. The third-order valence-corrected chi connectivity index (χ3v) is 3.24. The highest BCUT2D eigenvalue weighted by atomic mass is 19.1. The van der Waals surface area contributed by atoms with Crippen LogP contribution in [0.1, 0.15) is 15.9 Å². The van der Waals surface area contributed by atoms with E-state index in [1.165, 1.54) is 12.1 Å². The molecule has 3 aromatic rings. The Kier molecular flexibility index (Phi) is 2.99. The van der Waals surface area contributed by atoms with Crippen molar-refractivity contribution in [1.82, 2.24) is 4.98 Å². The van der Waals surface area contributed by atoms with Crippen molar-refractivity contribution in [2.45, 2.75) is 0 Å². The molecule has 4 heteroatoms. The molecule has 0 aliphatic rings. The second-order valence-corrected chi connectivity index (χ2v) is 4.45. The predicted octanol–water partition coefficient (Wildman–Crippen LogP) is 3.55. The Labute approximate surface area is 115 Å². The molecule has 100 valence electrons. The Morgan fingerprint density at radius 1 is 1.15 bits per heavy atom. The quantitative estimate of drug-likeness (QED) is 0.739. The van der Waals surface area contributed by atoms with Crippen molar-refractivity contribution in [3.05, 3.63) is 65.6 Å². The first-order chi connectivity index (χ1) is 9.69. The van der Waals surface area contributed by atoms with E-state index in [1.807, 2.05) is 0 Å². The predicted molar refractivity (Wildman–Crippen MR) is 74.7 cm³/mol. The summed E-state index contributed by atoms with van der Waals surface area (Å²) in [6.07, 6.45) is 1.61. The van der Waals surface area contributed by atoms with E-state index in [2.05, 4.69) is 4.98 Å². The molecule has 3 rings (SSSR count). The van der Waals surface area contributed by atoms with Crippen LogP contribution in [0.15, 0.2) is 48.7 Å². The van der Waals surface area contributed by atoms with Crippen LogP contribution >= 0.6 is 0 Å². The van der Waals surface area contributed by atoms with Gasteiger partial charge in [0.1, 0.15) is 11.6 Å². The highest BCUT2D eigenvalue weighted by molar-refractivity contribution is 6.16. The molecule has 0 amide bonds. The number of ketones is 1. The second-order valence-electron chi connectivity index (χ2n) is 4.45. The molecule has 20 heavy (non-hydrogen) atoms. The molecule has 0 unspecified atom stereocenters. The first-order valence-electron chi connectivity index (χ1n) is 6.14. The highest BCUT2D eigenvalue weighted by Gasteiger charge is 2.14. The number of carbonyl (C=O) groups excluding carboxylic acids is 1. The molecule has 0 bridgehead atoms. The fraction of sp³-hybridized carbons (Fsp3) is 0.0625. The van der Waals surface area contributed by atoms with Gasteiger partial charge in [-0.1, -0.05) is 0 Å². The molecule has 0 fully saturated rings. The van der Waals surface area contributed by atoms with Gasteiger partial charge in [-0.3, -0.25) is 4.79 Å². The van der Waals surface area contributed by atoms with Crippen LogP contribution in [-0.4, -0.2) is 17.9 Å². The van der Waals surface area contributed by atoms with Crippen LogP contribution in [0.5, 0.6) is 5.75 Å². The molecule has 1 aromatic heterocycles. The van der Waals surface area contributed by atoms with Crippen molar-refractivity contribution in [2.24, 2.45) is 0 Å². The normalized spacial score (nSPS) is 10.7. The zero-order chi connectivity index (χ0) is 14.1. The Bertz CT molecular complexity index is 775. The molecule has 0 saturated heterocycles. The number of hydrogen-bond acceptors (Lipinski definition) is 2. The lowest BCUT2D eigenvalue weighted by Crippen LogP contribution is -2.00. The number of nitrogens with one attached hydrogen (secondary N) is 1. The lowest BCUT2D eigenvalue weighted by atomic mass is 10.0. The van der Waals surface area contributed by atoms with Gasteiger partial charge in [0, 0.05) is 28.2 Å². The lowest BCUT2D eigenvalue weighted by Gasteiger charge is -2.02. The van der Waals surface area contributed by atoms with E-state index < -0.39 is 0 Å². The largest absolute Gasteiger partial charge is 0.497 e. The number of aromatic nitrogens is 1. The Balaban J connectivity index is 2.05. The summed E-state index contributed by atoms with van der Waals surface area (Å²) in [5, 5.41) is 0.589. The summed E-state index contributed by atoms with van der Waals surface area (Å²) in [7, 11) is 1.57. The number of rotatable bonds is 3. The Morgan fingerprint density at radius 3 is 2.60 bits per heavy atom. The molecule has 3 nitrogen and oxygen atoms in total. The first-order valence-corrected chi connectivity index (χ1v) is 6.14. The summed E-state index contributed by atoms with van der Waals surface area (Å²) >= 11 is 0. The summed E-state index contributed by atoms with van der Waals surface area (Å²) < 4.78 is 18.4. The van der Waals surface area contributed by atoms with Gasteiger partial charge in [0.2, 0.25) is 0 Å². The van der Waals surface area contributed by atoms with Gasteiger partial charge in [-0.2, -0.15) is 0 Å². The fourth-order valence-corrected chi connectivity index (χ4v) is 2.18. The first kappa shape index (κ1) is 12.4. The molecule has 0 aliphatic heterocycles. The zero-order valence-electron chi connectivity index (χ0n) is 10.8. The summed E-state index contributed by atoms with van der Waals surface area (Å²) in [6, 6.07) is 11.2. The molecule has 0 spiro atoms. The van der Waals surface area contributed by atoms with E-state index >= 15 is 0 Å². The number of halogens is 1. The Morgan fingerprint density at radius 2 is 1.90 bits per heavy atom. The maximum Gasteiger partial charge on any atom is 0.195 e. The number of hydrogen-bond donors (Lipinski definition) is 1. The van der Waals surface area contributed by atoms with E-state index in [9.17, 15) is 9.18 Å². The van der Waals surface area contributed by atoms with Gasteiger partial charge >= 0.3 is 0 Å². The van der Waals surface area contributed by atoms with Gasteiger partial charge in [0.25, 0.3) is 0 Å². The summed E-state index contributed by atoms with van der Waals surface area (Å²) in [5.41, 5.74) is 1.74. The molecule has 2 aromatic carbocycles. The van der Waals surface area contributed by atoms with Gasteiger partial charge in [-0.15, -0.1) is 0 Å². The summed E-state index contributed by atoms with van der Waals surface area (Å²) in [6.45, 7) is 0. The molecule has 0 radical (unpaired) electrons. The van der Waals surface area contributed by atoms with Crippen LogP contribution in [0.3, 0.4) is 0 Å². The smallest absolute Gasteiger partial charge is 0.195 e. The average molecular weight is 269 g/mol. The fourth-order valence-electron chi connectivity index (χ4n) is 2.18. The van der Waals surface area contributed by atoms with Crippen LogP contribution in [0.2, 0.25) is 0 Å². The van der Waals surface area contributed by atoms with Gasteiger partial charge in [0.05, 0.1) is 7.11 Å². The van der Waals surface area contributed by atoms with Crippen LogP contribution < -0.4 is 4.74 Å². The third-order valence-electron chi connectivity index (χ3n) is 3.24. The van der Waals surface area contributed by atoms with Crippen LogP contribution in [0, 0.1) is 5.82 Å². The molecule has 1 N–H and O–H groups in total. The van der Waals surface area contributed by atoms with Gasteiger partial charge in [0.15, 0.2) is 5.78 Å². The maximum atomic E-state index is 13.3. The number of ether oxygens (including phenoxy) is 1. The molecule has 0 aliphatic carbocycles. The van der Waals surface area contributed by atoms with Crippen LogP contribution in [0.4, 0.5) is 4.39 Å². The van der Waals surface area contributed by atoms with E-state index in [-0.39, 0.29) is 11.6 Å². The molecule has 1 heterocycles. The second kappa shape index (κ2) is 4.81. The number of benzene rings is 2. The topological polar surface area (TPSA) is 42.1 Å². The molecular weight excluding hydrogens is 257 g/mol. The van der Waals surface area contributed by atoms with Crippen molar-refractivity contribution in [3.8, 4) is 5.75 Å². The van der Waals surface area contributed by atoms with Crippen molar-refractivity contribution in [1.29, 1.82) is 0 Å². The number of fused-ring (bicyclic) bond motifs is 1. The van der Waals surface area contributed by atoms with Gasteiger partial charge in [-0.05, 0) is 42.5 Å². The standard InChI is InChI=1S/C16H12FNO2/c1-20-12-5-2-10(3-6-12)16(19)14-9-18-15-7-4-11(17)8-13(14)15/h2-9,18H,1H3. The number of H-pyrrole nitrogens is 1. The summed E-state index contributed by atoms with van der Waals surface area (Å²) in [5.74, 6) is 0.178. The third kappa shape index (κ3) is 2.05. The molecule has 0 atom stereocenters. The Hall–Kier alpha value is -2.62.